The highest BCUT2D eigenvalue weighted by molar-refractivity contribution is 5.76. The summed E-state index contributed by atoms with van der Waals surface area (Å²) in [5, 5.41) is 7.88. The molecule has 1 N–H and O–H groups in total. The highest BCUT2D eigenvalue weighted by Crippen LogP contribution is 2.23. The van der Waals surface area contributed by atoms with Crippen LogP contribution in [0.5, 0.6) is 5.75 Å². The van der Waals surface area contributed by atoms with Crippen LogP contribution in [0.3, 0.4) is 0 Å². The molecular formula is C25H31N3O2. The van der Waals surface area contributed by atoms with Crippen LogP contribution in [-0.4, -0.2) is 22.8 Å². The van der Waals surface area contributed by atoms with Gasteiger partial charge in [0.2, 0.25) is 5.91 Å². The summed E-state index contributed by atoms with van der Waals surface area (Å²) < 4.78 is 7.25. The van der Waals surface area contributed by atoms with Gasteiger partial charge in [-0.05, 0) is 56.9 Å². The predicted molar refractivity (Wildman–Crippen MR) is 120 cm³/mol. The lowest BCUT2D eigenvalue weighted by Crippen LogP contribution is -2.28. The normalized spacial score (nSPS) is 11.9. The zero-order chi connectivity index (χ0) is 21.7. The summed E-state index contributed by atoms with van der Waals surface area (Å²) in [6.45, 7) is 8.21. The molecule has 0 unspecified atom stereocenters. The molecule has 30 heavy (non-hydrogen) atoms. The topological polar surface area (TPSA) is 56.2 Å². The molecular weight excluding hydrogens is 374 g/mol. The fourth-order valence-electron chi connectivity index (χ4n) is 3.76. The van der Waals surface area contributed by atoms with E-state index in [-0.39, 0.29) is 11.9 Å². The molecule has 1 heterocycles. The molecule has 0 saturated heterocycles. The van der Waals surface area contributed by atoms with Gasteiger partial charge >= 0.3 is 0 Å². The van der Waals surface area contributed by atoms with Crippen molar-refractivity contribution in [2.75, 3.05) is 7.11 Å². The van der Waals surface area contributed by atoms with Crippen LogP contribution in [-0.2, 0) is 11.2 Å². The van der Waals surface area contributed by atoms with Crippen molar-refractivity contribution in [1.82, 2.24) is 15.1 Å². The van der Waals surface area contributed by atoms with E-state index < -0.39 is 0 Å². The second-order valence-electron chi connectivity index (χ2n) is 7.70. The number of aryl methyl sites for hydroxylation is 2. The van der Waals surface area contributed by atoms with E-state index in [1.807, 2.05) is 42.8 Å². The van der Waals surface area contributed by atoms with Crippen LogP contribution < -0.4 is 10.1 Å². The van der Waals surface area contributed by atoms with Gasteiger partial charge in [-0.1, -0.05) is 42.8 Å². The Morgan fingerprint density at radius 3 is 2.53 bits per heavy atom. The van der Waals surface area contributed by atoms with Crippen molar-refractivity contribution in [2.24, 2.45) is 0 Å². The maximum absolute atomic E-state index is 12.7. The number of benzene rings is 2. The number of aromatic nitrogens is 2. The van der Waals surface area contributed by atoms with Crippen molar-refractivity contribution in [3.63, 3.8) is 0 Å². The van der Waals surface area contributed by atoms with Gasteiger partial charge in [-0.2, -0.15) is 5.10 Å². The van der Waals surface area contributed by atoms with E-state index >= 15 is 0 Å². The Morgan fingerprint density at radius 2 is 1.87 bits per heavy atom. The first-order valence-corrected chi connectivity index (χ1v) is 10.5. The van der Waals surface area contributed by atoms with Gasteiger partial charge < -0.3 is 10.1 Å². The number of nitrogens with zero attached hydrogens (tertiary/aromatic N) is 2. The molecule has 0 aliphatic carbocycles. The number of rotatable bonds is 8. The second kappa shape index (κ2) is 9.61. The molecule has 0 fully saturated rings. The molecule has 158 valence electrons. The Morgan fingerprint density at radius 1 is 1.13 bits per heavy atom. The van der Waals surface area contributed by atoms with Gasteiger partial charge in [-0.15, -0.1) is 0 Å². The summed E-state index contributed by atoms with van der Waals surface area (Å²) in [6, 6.07) is 16.2. The average Bonchev–Trinajstić information content (AvgIpc) is 3.04. The molecule has 2 aromatic carbocycles. The fraction of sp³-hybridized carbons (Fsp3) is 0.360. The van der Waals surface area contributed by atoms with Crippen molar-refractivity contribution in [1.29, 1.82) is 0 Å². The van der Waals surface area contributed by atoms with Crippen LogP contribution in [0.2, 0.25) is 0 Å². The van der Waals surface area contributed by atoms with Gasteiger partial charge in [-0.3, -0.25) is 4.79 Å². The molecule has 0 aliphatic rings. The molecule has 0 bridgehead atoms. The summed E-state index contributed by atoms with van der Waals surface area (Å²) in [7, 11) is 1.66. The van der Waals surface area contributed by atoms with Crippen molar-refractivity contribution in [2.45, 2.75) is 53.0 Å². The van der Waals surface area contributed by atoms with Gasteiger partial charge in [0.05, 0.1) is 24.5 Å². The Balaban J connectivity index is 1.68. The molecule has 1 aromatic heterocycles. The summed E-state index contributed by atoms with van der Waals surface area (Å²) in [4.78, 5) is 12.7. The van der Waals surface area contributed by atoms with E-state index in [4.69, 9.17) is 9.84 Å². The highest BCUT2D eigenvalue weighted by atomic mass is 16.5. The maximum atomic E-state index is 12.7. The summed E-state index contributed by atoms with van der Waals surface area (Å²) >= 11 is 0. The third-order valence-electron chi connectivity index (χ3n) is 5.56. The van der Waals surface area contributed by atoms with Crippen molar-refractivity contribution >= 4 is 5.91 Å². The van der Waals surface area contributed by atoms with Crippen molar-refractivity contribution < 1.29 is 9.53 Å². The van der Waals surface area contributed by atoms with Crippen LogP contribution >= 0.6 is 0 Å². The molecule has 0 radical (unpaired) electrons. The first-order valence-electron chi connectivity index (χ1n) is 10.5. The molecule has 1 atom stereocenters. The van der Waals surface area contributed by atoms with Gasteiger partial charge in [0.25, 0.3) is 0 Å². The lowest BCUT2D eigenvalue weighted by molar-refractivity contribution is -0.121. The van der Waals surface area contributed by atoms with Crippen LogP contribution in [0.1, 0.15) is 53.9 Å². The Kier molecular flexibility index (Phi) is 6.93. The van der Waals surface area contributed by atoms with E-state index in [1.165, 1.54) is 5.56 Å². The zero-order valence-electron chi connectivity index (χ0n) is 18.5. The fourth-order valence-corrected chi connectivity index (χ4v) is 3.76. The number of methoxy groups -OCH3 is 1. The van der Waals surface area contributed by atoms with Gasteiger partial charge in [0.1, 0.15) is 5.75 Å². The third kappa shape index (κ3) is 4.90. The molecule has 0 saturated carbocycles. The minimum Gasteiger partial charge on any atom is -0.497 e. The average molecular weight is 406 g/mol. The summed E-state index contributed by atoms with van der Waals surface area (Å²) in [5.74, 6) is 0.859. The van der Waals surface area contributed by atoms with Gasteiger partial charge in [-0.25, -0.2) is 4.68 Å². The number of hydrogen-bond donors (Lipinski definition) is 1. The first-order chi connectivity index (χ1) is 14.4. The van der Waals surface area contributed by atoms with E-state index in [2.05, 4.69) is 43.4 Å². The summed E-state index contributed by atoms with van der Waals surface area (Å²) in [5.41, 5.74) is 6.45. The lowest BCUT2D eigenvalue weighted by Gasteiger charge is -2.18. The monoisotopic (exact) mass is 405 g/mol. The largest absolute Gasteiger partial charge is 0.497 e. The quantitative estimate of drug-likeness (QED) is 0.573. The SMILES string of the molecule is CC[C@H](NC(=O)CCc1c(C)nn(-c2cccc(OC)c2)c1C)c1ccc(C)cc1. The van der Waals surface area contributed by atoms with E-state index in [9.17, 15) is 4.79 Å². The lowest BCUT2D eigenvalue weighted by atomic mass is 10.0. The highest BCUT2D eigenvalue weighted by Gasteiger charge is 2.17. The number of hydrogen-bond acceptors (Lipinski definition) is 3. The number of carbonyl (C=O) groups is 1. The van der Waals surface area contributed by atoms with Gasteiger partial charge in [0, 0.05) is 18.2 Å². The van der Waals surface area contributed by atoms with Crippen LogP contribution in [0.15, 0.2) is 48.5 Å². The Labute approximate surface area is 179 Å². The van der Waals surface area contributed by atoms with Crippen LogP contribution in [0.4, 0.5) is 0 Å². The Bertz CT molecular complexity index is 1010. The molecule has 5 heteroatoms. The number of nitrogens with one attached hydrogen (secondary N) is 1. The zero-order valence-corrected chi connectivity index (χ0v) is 18.5. The van der Waals surface area contributed by atoms with E-state index in [1.54, 1.807) is 7.11 Å². The van der Waals surface area contributed by atoms with Crippen LogP contribution in [0, 0.1) is 20.8 Å². The van der Waals surface area contributed by atoms with E-state index in [0.29, 0.717) is 12.8 Å². The molecule has 0 aliphatic heterocycles. The Hall–Kier alpha value is -3.08. The minimum atomic E-state index is 0.0415. The first kappa shape index (κ1) is 21.6. The third-order valence-corrected chi connectivity index (χ3v) is 5.56. The smallest absolute Gasteiger partial charge is 0.220 e. The van der Waals surface area contributed by atoms with Gasteiger partial charge in [0.15, 0.2) is 0 Å². The molecule has 1 amide bonds. The molecule has 0 spiro atoms. The number of ether oxygens (including phenoxy) is 1. The van der Waals surface area contributed by atoms with Crippen molar-refractivity contribution in [3.05, 3.63) is 76.6 Å². The molecule has 5 nitrogen and oxygen atoms in total. The summed E-state index contributed by atoms with van der Waals surface area (Å²) in [6.07, 6.45) is 1.96. The predicted octanol–water partition coefficient (Wildman–Crippen LogP) is 5.01. The van der Waals surface area contributed by atoms with Crippen LogP contribution in [0.25, 0.3) is 5.69 Å². The van der Waals surface area contributed by atoms with E-state index in [0.717, 1.165) is 40.4 Å². The standard InChI is InChI=1S/C25H31N3O2/c1-6-24(20-12-10-17(2)11-13-20)26-25(29)15-14-23-18(3)27-28(19(23)4)21-8-7-9-22(16-21)30-5/h7-13,16,24H,6,14-15H2,1-5H3,(H,26,29)/t24-/m0/s1. The number of amides is 1. The number of carbonyl (C=O) groups excluding carboxylic acids is 1. The van der Waals surface area contributed by atoms with Crippen molar-refractivity contribution in [3.8, 4) is 11.4 Å². The second-order valence-corrected chi connectivity index (χ2v) is 7.70. The minimum absolute atomic E-state index is 0.0415. The molecule has 3 rings (SSSR count). The maximum Gasteiger partial charge on any atom is 0.220 e. The molecule has 3 aromatic rings.